The predicted octanol–water partition coefficient (Wildman–Crippen LogP) is 3.17. The van der Waals surface area contributed by atoms with Crippen molar-refractivity contribution in [1.29, 1.82) is 0 Å². The summed E-state index contributed by atoms with van der Waals surface area (Å²) in [5, 5.41) is 6.24. The van der Waals surface area contributed by atoms with Gasteiger partial charge < -0.3 is 5.32 Å². The van der Waals surface area contributed by atoms with Gasteiger partial charge in [0.2, 0.25) is 5.91 Å². The van der Waals surface area contributed by atoms with Gasteiger partial charge in [-0.25, -0.2) is 4.39 Å². The molecule has 2 N–H and O–H groups in total. The third-order valence-electron chi connectivity index (χ3n) is 3.61. The summed E-state index contributed by atoms with van der Waals surface area (Å²) in [4.78, 5) is 12.1. The van der Waals surface area contributed by atoms with Crippen molar-refractivity contribution in [2.24, 2.45) is 0 Å². The van der Waals surface area contributed by atoms with Gasteiger partial charge in [-0.2, -0.15) is 0 Å². The maximum atomic E-state index is 12.9. The molecule has 20 heavy (non-hydrogen) atoms. The standard InChI is InChI=1S/C16H25FN2O/c1-6-16(4,5)19-15(20)12(3)18-11(2)13-7-9-14(17)10-8-13/h7-12,18H,6H2,1-5H3,(H,19,20)/t11-,12?/m0/s1. The summed E-state index contributed by atoms with van der Waals surface area (Å²) < 4.78 is 12.9. The van der Waals surface area contributed by atoms with Crippen molar-refractivity contribution in [3.05, 3.63) is 35.6 Å². The number of carbonyl (C=O) groups excluding carboxylic acids is 1. The van der Waals surface area contributed by atoms with Gasteiger partial charge in [0.05, 0.1) is 6.04 Å². The predicted molar refractivity (Wildman–Crippen MR) is 79.9 cm³/mol. The van der Waals surface area contributed by atoms with Crippen molar-refractivity contribution in [3.8, 4) is 0 Å². The van der Waals surface area contributed by atoms with Crippen LogP contribution in [0.15, 0.2) is 24.3 Å². The van der Waals surface area contributed by atoms with E-state index in [2.05, 4.69) is 10.6 Å². The second-order valence-electron chi connectivity index (χ2n) is 5.89. The Morgan fingerprint density at radius 1 is 1.25 bits per heavy atom. The molecule has 1 amide bonds. The lowest BCUT2D eigenvalue weighted by atomic mass is 10.0. The normalized spacial score (nSPS) is 14.7. The Labute approximate surface area is 121 Å². The number of hydrogen-bond acceptors (Lipinski definition) is 2. The Bertz CT molecular complexity index is 442. The van der Waals surface area contributed by atoms with E-state index in [1.807, 2.05) is 34.6 Å². The van der Waals surface area contributed by atoms with Gasteiger partial charge in [-0.3, -0.25) is 10.1 Å². The number of benzene rings is 1. The quantitative estimate of drug-likeness (QED) is 0.840. The third-order valence-corrected chi connectivity index (χ3v) is 3.61. The molecule has 0 spiro atoms. The highest BCUT2D eigenvalue weighted by Crippen LogP contribution is 2.14. The van der Waals surface area contributed by atoms with E-state index in [4.69, 9.17) is 0 Å². The minimum atomic E-state index is -0.305. The smallest absolute Gasteiger partial charge is 0.237 e. The van der Waals surface area contributed by atoms with Crippen LogP contribution >= 0.6 is 0 Å². The minimum Gasteiger partial charge on any atom is -0.350 e. The second kappa shape index (κ2) is 6.84. The fraction of sp³-hybridized carbons (Fsp3) is 0.562. The summed E-state index contributed by atoms with van der Waals surface area (Å²) in [7, 11) is 0. The summed E-state index contributed by atoms with van der Waals surface area (Å²) in [6.45, 7) is 9.84. The highest BCUT2D eigenvalue weighted by molar-refractivity contribution is 5.82. The van der Waals surface area contributed by atoms with Crippen LogP contribution in [0.5, 0.6) is 0 Å². The van der Waals surface area contributed by atoms with Gasteiger partial charge in [0.1, 0.15) is 5.82 Å². The number of amides is 1. The Morgan fingerprint density at radius 2 is 1.80 bits per heavy atom. The summed E-state index contributed by atoms with van der Waals surface area (Å²) >= 11 is 0. The first-order valence-electron chi connectivity index (χ1n) is 7.08. The molecule has 0 heterocycles. The van der Waals surface area contributed by atoms with E-state index in [-0.39, 0.29) is 29.3 Å². The molecule has 0 aliphatic heterocycles. The van der Waals surface area contributed by atoms with Crippen LogP contribution in [0, 0.1) is 5.82 Å². The van der Waals surface area contributed by atoms with Crippen molar-refractivity contribution in [2.75, 3.05) is 0 Å². The maximum Gasteiger partial charge on any atom is 0.237 e. The zero-order valence-corrected chi connectivity index (χ0v) is 13.0. The topological polar surface area (TPSA) is 41.1 Å². The highest BCUT2D eigenvalue weighted by Gasteiger charge is 2.22. The third kappa shape index (κ3) is 4.93. The molecule has 1 unspecified atom stereocenters. The Hall–Kier alpha value is -1.42. The number of halogens is 1. The first-order chi connectivity index (χ1) is 9.25. The van der Waals surface area contributed by atoms with Crippen molar-refractivity contribution < 1.29 is 9.18 Å². The molecule has 0 saturated heterocycles. The maximum absolute atomic E-state index is 12.9. The van der Waals surface area contributed by atoms with Crippen LogP contribution in [0.4, 0.5) is 4.39 Å². The molecule has 112 valence electrons. The summed E-state index contributed by atoms with van der Waals surface area (Å²) in [5.41, 5.74) is 0.757. The van der Waals surface area contributed by atoms with Crippen LogP contribution in [-0.4, -0.2) is 17.5 Å². The Morgan fingerprint density at radius 3 is 2.30 bits per heavy atom. The van der Waals surface area contributed by atoms with Crippen LogP contribution in [0.25, 0.3) is 0 Å². The van der Waals surface area contributed by atoms with Crippen molar-refractivity contribution >= 4 is 5.91 Å². The fourth-order valence-corrected chi connectivity index (χ4v) is 1.83. The molecule has 0 aliphatic rings. The molecule has 0 bridgehead atoms. The average molecular weight is 280 g/mol. The molecule has 3 nitrogen and oxygen atoms in total. The largest absolute Gasteiger partial charge is 0.350 e. The lowest BCUT2D eigenvalue weighted by molar-refractivity contribution is -0.124. The van der Waals surface area contributed by atoms with Gasteiger partial charge in [-0.1, -0.05) is 19.1 Å². The number of carbonyl (C=O) groups is 1. The van der Waals surface area contributed by atoms with E-state index in [1.54, 1.807) is 12.1 Å². The number of hydrogen-bond donors (Lipinski definition) is 2. The first-order valence-corrected chi connectivity index (χ1v) is 7.08. The molecule has 4 heteroatoms. The van der Waals surface area contributed by atoms with Crippen LogP contribution in [-0.2, 0) is 4.79 Å². The molecule has 0 saturated carbocycles. The molecule has 0 fully saturated rings. The fourth-order valence-electron chi connectivity index (χ4n) is 1.83. The molecule has 1 rings (SSSR count). The zero-order chi connectivity index (χ0) is 15.3. The van der Waals surface area contributed by atoms with E-state index in [0.717, 1.165) is 12.0 Å². The van der Waals surface area contributed by atoms with Crippen molar-refractivity contribution in [3.63, 3.8) is 0 Å². The molecule has 2 atom stereocenters. The first kappa shape index (κ1) is 16.6. The van der Waals surface area contributed by atoms with Gasteiger partial charge >= 0.3 is 0 Å². The van der Waals surface area contributed by atoms with Gasteiger partial charge in [0.15, 0.2) is 0 Å². The van der Waals surface area contributed by atoms with Gasteiger partial charge in [-0.15, -0.1) is 0 Å². The molecule has 0 radical (unpaired) electrons. The Balaban J connectivity index is 2.59. The van der Waals surface area contributed by atoms with Crippen molar-refractivity contribution in [1.82, 2.24) is 10.6 Å². The van der Waals surface area contributed by atoms with Crippen LogP contribution in [0.2, 0.25) is 0 Å². The highest BCUT2D eigenvalue weighted by atomic mass is 19.1. The summed E-state index contributed by atoms with van der Waals surface area (Å²) in [5.74, 6) is -0.276. The van der Waals surface area contributed by atoms with Gasteiger partial charge in [-0.05, 0) is 51.8 Å². The lowest BCUT2D eigenvalue weighted by Crippen LogP contribution is -2.51. The van der Waals surface area contributed by atoms with Crippen LogP contribution in [0.3, 0.4) is 0 Å². The van der Waals surface area contributed by atoms with E-state index in [0.29, 0.717) is 0 Å². The van der Waals surface area contributed by atoms with Crippen LogP contribution < -0.4 is 10.6 Å². The van der Waals surface area contributed by atoms with E-state index in [1.165, 1.54) is 12.1 Å². The molecule has 1 aromatic rings. The van der Waals surface area contributed by atoms with E-state index >= 15 is 0 Å². The van der Waals surface area contributed by atoms with Crippen LogP contribution in [0.1, 0.15) is 52.6 Å². The SMILES string of the molecule is CCC(C)(C)NC(=O)C(C)N[C@@H](C)c1ccc(F)cc1. The van der Waals surface area contributed by atoms with Gasteiger partial charge in [0.25, 0.3) is 0 Å². The monoisotopic (exact) mass is 280 g/mol. The lowest BCUT2D eigenvalue weighted by Gasteiger charge is -2.28. The Kier molecular flexibility index (Phi) is 5.69. The number of nitrogens with one attached hydrogen (secondary N) is 2. The van der Waals surface area contributed by atoms with E-state index < -0.39 is 0 Å². The molecule has 0 aromatic heterocycles. The number of rotatable bonds is 6. The minimum absolute atomic E-state index is 0.0129. The average Bonchev–Trinajstić information content (AvgIpc) is 2.38. The molecule has 0 aliphatic carbocycles. The van der Waals surface area contributed by atoms with Gasteiger partial charge in [0, 0.05) is 11.6 Å². The summed E-state index contributed by atoms with van der Waals surface area (Å²) in [6.07, 6.45) is 0.874. The molecular formula is C16H25FN2O. The van der Waals surface area contributed by atoms with E-state index in [9.17, 15) is 9.18 Å². The zero-order valence-electron chi connectivity index (χ0n) is 13.0. The molecular weight excluding hydrogens is 255 g/mol. The summed E-state index contributed by atoms with van der Waals surface area (Å²) in [6, 6.07) is 6.00. The second-order valence-corrected chi connectivity index (χ2v) is 5.89. The molecule has 1 aromatic carbocycles. The van der Waals surface area contributed by atoms with Crippen molar-refractivity contribution in [2.45, 2.75) is 58.7 Å².